The molecule has 1 aliphatic heterocycles. The van der Waals surface area contributed by atoms with Crippen molar-refractivity contribution in [1.29, 1.82) is 0 Å². The van der Waals surface area contributed by atoms with Crippen molar-refractivity contribution in [3.63, 3.8) is 0 Å². The Labute approximate surface area is 291 Å². The third-order valence-electron chi connectivity index (χ3n) is 14.0. The second-order valence-electron chi connectivity index (χ2n) is 17.2. The molecule has 0 aromatic heterocycles. The van der Waals surface area contributed by atoms with E-state index in [4.69, 9.17) is 9.57 Å². The van der Waals surface area contributed by atoms with Crippen molar-refractivity contribution < 1.29 is 24.0 Å². The summed E-state index contributed by atoms with van der Waals surface area (Å²) in [5.41, 5.74) is 3.37. The van der Waals surface area contributed by atoms with E-state index < -0.39 is 0 Å². The van der Waals surface area contributed by atoms with E-state index in [9.17, 15) is 14.4 Å². The van der Waals surface area contributed by atoms with Gasteiger partial charge < -0.3 is 14.5 Å². The van der Waals surface area contributed by atoms with E-state index in [1.54, 1.807) is 17.4 Å². The molecule has 1 saturated heterocycles. The highest BCUT2D eigenvalue weighted by Crippen LogP contribution is 2.67. The van der Waals surface area contributed by atoms with Gasteiger partial charge in [-0.3, -0.25) is 14.4 Å². The second-order valence-corrected chi connectivity index (χ2v) is 17.2. The number of rotatable bonds is 14. The summed E-state index contributed by atoms with van der Waals surface area (Å²) in [6.45, 7) is 16.6. The van der Waals surface area contributed by atoms with E-state index >= 15 is 0 Å². The summed E-state index contributed by atoms with van der Waals surface area (Å²) in [6.07, 6.45) is 18.3. The SMILES string of the molecule is CCC(=O)CCC(=O)O[C@@H]1C[C@@H](CC)N(C(=O)CO/N=C2\CC[C@@]3(C)C(=CC[C@H]4[C@@H]5CC[C@H]([C@H](C)CCCC(C)C)[C@@]5(C)CC[C@@H]43)C2)C1. The molecule has 48 heavy (non-hydrogen) atoms. The Morgan fingerprint density at radius 1 is 1.02 bits per heavy atom. The Balaban J connectivity index is 1.13. The summed E-state index contributed by atoms with van der Waals surface area (Å²) in [5.74, 6) is 4.56. The molecule has 9 atom stereocenters. The van der Waals surface area contributed by atoms with Crippen LogP contribution in [0.15, 0.2) is 16.8 Å². The van der Waals surface area contributed by atoms with Crippen molar-refractivity contribution in [2.75, 3.05) is 13.2 Å². The number of oxime groups is 1. The smallest absolute Gasteiger partial charge is 0.306 e. The predicted molar refractivity (Wildman–Crippen MR) is 191 cm³/mol. The quantitative estimate of drug-likeness (QED) is 0.105. The van der Waals surface area contributed by atoms with E-state index in [-0.39, 0.29) is 54.7 Å². The zero-order chi connectivity index (χ0) is 34.6. The van der Waals surface area contributed by atoms with Gasteiger partial charge in [0, 0.05) is 31.7 Å². The third-order valence-corrected chi connectivity index (χ3v) is 14.0. The normalized spacial score (nSPS) is 35.9. The lowest BCUT2D eigenvalue weighted by atomic mass is 9.47. The lowest BCUT2D eigenvalue weighted by Crippen LogP contribution is -2.50. The van der Waals surface area contributed by atoms with E-state index in [2.05, 4.69) is 45.9 Å². The van der Waals surface area contributed by atoms with E-state index in [1.807, 2.05) is 6.92 Å². The number of carbonyl (C=O) groups is 3. The molecule has 0 N–H and O–H groups in total. The molecule has 0 spiro atoms. The summed E-state index contributed by atoms with van der Waals surface area (Å²) in [5, 5.41) is 4.53. The molecule has 5 rings (SSSR count). The summed E-state index contributed by atoms with van der Waals surface area (Å²) in [6, 6.07) is 0.0140. The third kappa shape index (κ3) is 7.90. The lowest BCUT2D eigenvalue weighted by Gasteiger charge is -2.58. The van der Waals surface area contributed by atoms with Crippen molar-refractivity contribution in [3.05, 3.63) is 11.6 Å². The van der Waals surface area contributed by atoms with Crippen LogP contribution in [-0.4, -0.2) is 53.6 Å². The molecular weight excluding hydrogens is 600 g/mol. The van der Waals surface area contributed by atoms with Crippen LogP contribution in [-0.2, 0) is 24.0 Å². The number of amides is 1. The Morgan fingerprint density at radius 3 is 2.54 bits per heavy atom. The number of ether oxygens (including phenoxy) is 1. The highest BCUT2D eigenvalue weighted by atomic mass is 16.6. The van der Waals surface area contributed by atoms with Crippen molar-refractivity contribution in [2.45, 2.75) is 163 Å². The Bertz CT molecular complexity index is 1230. The molecule has 0 radical (unpaired) electrons. The summed E-state index contributed by atoms with van der Waals surface area (Å²) in [7, 11) is 0. The van der Waals surface area contributed by atoms with E-state index in [1.165, 1.54) is 51.4 Å². The maximum Gasteiger partial charge on any atom is 0.306 e. The number of hydrogen-bond donors (Lipinski definition) is 0. The molecular formula is C41H66N2O5. The molecule has 0 unspecified atom stereocenters. The van der Waals surface area contributed by atoms with Crippen molar-refractivity contribution in [2.24, 2.45) is 51.5 Å². The van der Waals surface area contributed by atoms with Gasteiger partial charge in [-0.2, -0.15) is 0 Å². The molecule has 4 aliphatic carbocycles. The van der Waals surface area contributed by atoms with Crippen LogP contribution < -0.4 is 0 Å². The first kappa shape index (κ1) is 37.1. The van der Waals surface area contributed by atoms with Crippen LogP contribution in [0.4, 0.5) is 0 Å². The first-order valence-corrected chi connectivity index (χ1v) is 19.8. The predicted octanol–water partition coefficient (Wildman–Crippen LogP) is 9.08. The fourth-order valence-corrected chi connectivity index (χ4v) is 11.2. The zero-order valence-corrected chi connectivity index (χ0v) is 31.4. The van der Waals surface area contributed by atoms with Gasteiger partial charge in [-0.25, -0.2) is 0 Å². The topological polar surface area (TPSA) is 85.3 Å². The number of nitrogens with zero attached hydrogens (tertiary/aromatic N) is 2. The number of carbonyl (C=O) groups excluding carboxylic acids is 3. The van der Waals surface area contributed by atoms with Gasteiger partial charge in [-0.15, -0.1) is 0 Å². The van der Waals surface area contributed by atoms with Gasteiger partial charge in [0.25, 0.3) is 5.91 Å². The van der Waals surface area contributed by atoms with Gasteiger partial charge in [-0.1, -0.05) is 84.5 Å². The second kappa shape index (κ2) is 15.8. The molecule has 0 bridgehead atoms. The Hall–Kier alpha value is -2.18. The van der Waals surface area contributed by atoms with Crippen LogP contribution in [0.2, 0.25) is 0 Å². The van der Waals surface area contributed by atoms with Gasteiger partial charge in [0.15, 0.2) is 6.61 Å². The Morgan fingerprint density at radius 2 is 1.81 bits per heavy atom. The molecule has 270 valence electrons. The number of allylic oxidation sites excluding steroid dienone is 2. The molecule has 1 amide bonds. The molecule has 1 heterocycles. The molecule has 7 heteroatoms. The highest BCUT2D eigenvalue weighted by molar-refractivity contribution is 5.88. The monoisotopic (exact) mass is 666 g/mol. The fourth-order valence-electron chi connectivity index (χ4n) is 11.2. The standard InChI is InChI=1S/C41H66N2O5/c1-8-31-24-33(48-39(46)18-14-32(44)9-2)25-43(31)38(45)26-47-42-30-19-21-40(6)29(23-30)13-15-34-36-17-16-35(28(5)12-10-11-27(3)4)41(36,7)22-20-37(34)40/h13,27-28,31,33-37H,8-12,14-26H2,1-7H3/b42-30+/t28-,31-,33-,34+,35-,36+,37+,40+,41-/m1/s1. The van der Waals surface area contributed by atoms with Crippen molar-refractivity contribution in [3.8, 4) is 0 Å². The number of Topliss-reactive ketones (excluding diaryl/α,β-unsaturated/α-hetero) is 1. The first-order chi connectivity index (χ1) is 22.9. The number of esters is 1. The number of hydrogen-bond acceptors (Lipinski definition) is 6. The lowest BCUT2D eigenvalue weighted by molar-refractivity contribution is -0.150. The zero-order valence-electron chi connectivity index (χ0n) is 31.4. The van der Waals surface area contributed by atoms with E-state index in [0.717, 1.165) is 66.9 Å². The van der Waals surface area contributed by atoms with Crippen molar-refractivity contribution >= 4 is 23.4 Å². The molecule has 0 aromatic rings. The van der Waals surface area contributed by atoms with E-state index in [0.29, 0.717) is 24.8 Å². The maximum atomic E-state index is 13.2. The fraction of sp³-hybridized carbons (Fsp3) is 0.854. The molecule has 7 nitrogen and oxygen atoms in total. The van der Waals surface area contributed by atoms with Gasteiger partial charge in [-0.05, 0) is 97.7 Å². The summed E-state index contributed by atoms with van der Waals surface area (Å²) < 4.78 is 5.62. The van der Waals surface area contributed by atoms with Crippen LogP contribution in [0.25, 0.3) is 0 Å². The molecule has 4 fully saturated rings. The number of ketones is 1. The minimum Gasteiger partial charge on any atom is -0.460 e. The largest absolute Gasteiger partial charge is 0.460 e. The summed E-state index contributed by atoms with van der Waals surface area (Å²) in [4.78, 5) is 44.5. The Kier molecular flexibility index (Phi) is 12.2. The van der Waals surface area contributed by atoms with Gasteiger partial charge in [0.1, 0.15) is 11.9 Å². The number of fused-ring (bicyclic) bond motifs is 5. The van der Waals surface area contributed by atoms with Gasteiger partial charge in [0.05, 0.1) is 18.7 Å². The van der Waals surface area contributed by atoms with Crippen LogP contribution in [0.1, 0.15) is 151 Å². The minimum atomic E-state index is -0.363. The average Bonchev–Trinajstić information content (AvgIpc) is 3.63. The van der Waals surface area contributed by atoms with Crippen molar-refractivity contribution in [1.82, 2.24) is 4.90 Å². The van der Waals surface area contributed by atoms with Crippen LogP contribution in [0.3, 0.4) is 0 Å². The van der Waals surface area contributed by atoms with Crippen LogP contribution in [0, 0.1) is 46.3 Å². The average molecular weight is 667 g/mol. The van der Waals surface area contributed by atoms with Gasteiger partial charge >= 0.3 is 5.97 Å². The van der Waals surface area contributed by atoms with Gasteiger partial charge in [0.2, 0.25) is 0 Å². The first-order valence-electron chi connectivity index (χ1n) is 19.8. The minimum absolute atomic E-state index is 0.0140. The molecule has 0 aromatic carbocycles. The summed E-state index contributed by atoms with van der Waals surface area (Å²) >= 11 is 0. The maximum absolute atomic E-state index is 13.2. The number of likely N-dealkylation sites (tertiary alicyclic amines) is 1. The molecule has 3 saturated carbocycles. The highest BCUT2D eigenvalue weighted by Gasteiger charge is 2.59. The van der Waals surface area contributed by atoms with Crippen LogP contribution >= 0.6 is 0 Å². The van der Waals surface area contributed by atoms with Crippen LogP contribution in [0.5, 0.6) is 0 Å². The molecule has 5 aliphatic rings.